The molecule has 0 aromatic heterocycles. The van der Waals surface area contributed by atoms with Crippen LogP contribution < -0.4 is 9.47 Å². The average molecular weight is 234 g/mol. The van der Waals surface area contributed by atoms with Crippen molar-refractivity contribution in [1.29, 1.82) is 0 Å². The normalized spacial score (nSPS) is 13.8. The number of fused-ring (bicyclic) bond motifs is 1. The fourth-order valence-corrected chi connectivity index (χ4v) is 2.04. The van der Waals surface area contributed by atoms with Gasteiger partial charge in [-0.3, -0.25) is 0 Å². The van der Waals surface area contributed by atoms with Crippen molar-refractivity contribution < 1.29 is 9.47 Å². The van der Waals surface area contributed by atoms with Crippen LogP contribution in [0, 0.1) is 5.92 Å². The summed E-state index contributed by atoms with van der Waals surface area (Å²) in [4.78, 5) is 0. The SMILES string of the molecule is CCCCCC(C)CCOc1cccc2c1O2. The second-order valence-corrected chi connectivity index (χ2v) is 4.92. The minimum Gasteiger partial charge on any atom is -0.490 e. The van der Waals surface area contributed by atoms with Crippen molar-refractivity contribution in [2.45, 2.75) is 46.0 Å². The number of rotatable bonds is 8. The van der Waals surface area contributed by atoms with Crippen molar-refractivity contribution in [3.63, 3.8) is 0 Å². The molecule has 1 aliphatic heterocycles. The van der Waals surface area contributed by atoms with E-state index in [1.54, 1.807) is 0 Å². The fraction of sp³-hybridized carbons (Fsp3) is 0.600. The number of hydrogen-bond donors (Lipinski definition) is 0. The Balaban J connectivity index is 1.62. The van der Waals surface area contributed by atoms with E-state index in [0.717, 1.165) is 36.2 Å². The van der Waals surface area contributed by atoms with Crippen molar-refractivity contribution in [2.75, 3.05) is 6.61 Å². The Labute approximate surface area is 104 Å². The van der Waals surface area contributed by atoms with Crippen molar-refractivity contribution in [3.05, 3.63) is 18.2 Å². The molecule has 94 valence electrons. The molecule has 1 unspecified atom stereocenters. The summed E-state index contributed by atoms with van der Waals surface area (Å²) in [5.74, 6) is 3.57. The Bertz CT molecular complexity index is 360. The van der Waals surface area contributed by atoms with Crippen molar-refractivity contribution >= 4 is 0 Å². The Kier molecular flexibility index (Phi) is 4.29. The van der Waals surface area contributed by atoms with Gasteiger partial charge < -0.3 is 9.47 Å². The highest BCUT2D eigenvalue weighted by atomic mass is 16.6. The van der Waals surface area contributed by atoms with Crippen LogP contribution in [0.5, 0.6) is 17.2 Å². The van der Waals surface area contributed by atoms with Gasteiger partial charge in [0.2, 0.25) is 5.75 Å². The van der Waals surface area contributed by atoms with Gasteiger partial charge in [0, 0.05) is 0 Å². The molecule has 1 aromatic carbocycles. The highest BCUT2D eigenvalue weighted by Crippen LogP contribution is 2.52. The number of hydrogen-bond acceptors (Lipinski definition) is 2. The van der Waals surface area contributed by atoms with E-state index in [0.29, 0.717) is 0 Å². The summed E-state index contributed by atoms with van der Waals surface area (Å²) < 4.78 is 11.0. The van der Waals surface area contributed by atoms with Crippen molar-refractivity contribution in [2.24, 2.45) is 5.92 Å². The highest BCUT2D eigenvalue weighted by molar-refractivity contribution is 5.62. The van der Waals surface area contributed by atoms with Gasteiger partial charge in [-0.25, -0.2) is 0 Å². The van der Waals surface area contributed by atoms with E-state index in [1.807, 2.05) is 18.2 Å². The molecule has 2 nitrogen and oxygen atoms in total. The van der Waals surface area contributed by atoms with Gasteiger partial charge in [-0.2, -0.15) is 0 Å². The largest absolute Gasteiger partial charge is 0.490 e. The van der Waals surface area contributed by atoms with E-state index in [4.69, 9.17) is 9.47 Å². The summed E-state index contributed by atoms with van der Waals surface area (Å²) in [5, 5.41) is 0. The second-order valence-electron chi connectivity index (χ2n) is 4.92. The van der Waals surface area contributed by atoms with Gasteiger partial charge in [-0.05, 0) is 24.5 Å². The van der Waals surface area contributed by atoms with Crippen LogP contribution in [0.1, 0.15) is 46.0 Å². The smallest absolute Gasteiger partial charge is 0.211 e. The molecule has 17 heavy (non-hydrogen) atoms. The number of ether oxygens (including phenoxy) is 2. The maximum Gasteiger partial charge on any atom is 0.211 e. The van der Waals surface area contributed by atoms with Gasteiger partial charge in [0.15, 0.2) is 11.5 Å². The molecule has 0 saturated carbocycles. The Morgan fingerprint density at radius 3 is 2.94 bits per heavy atom. The summed E-state index contributed by atoms with van der Waals surface area (Å²) in [6, 6.07) is 5.93. The van der Waals surface area contributed by atoms with Crippen molar-refractivity contribution in [3.8, 4) is 17.2 Å². The molecule has 0 aliphatic carbocycles. The van der Waals surface area contributed by atoms with Gasteiger partial charge >= 0.3 is 0 Å². The van der Waals surface area contributed by atoms with E-state index in [1.165, 1.54) is 25.7 Å². The molecule has 0 amide bonds. The first kappa shape index (κ1) is 12.3. The molecule has 1 aromatic rings. The molecule has 2 rings (SSSR count). The van der Waals surface area contributed by atoms with Crippen LogP contribution in [0.2, 0.25) is 0 Å². The monoisotopic (exact) mass is 234 g/mol. The van der Waals surface area contributed by atoms with Gasteiger partial charge in [0.05, 0.1) is 6.61 Å². The Morgan fingerprint density at radius 2 is 2.12 bits per heavy atom. The van der Waals surface area contributed by atoms with Crippen LogP contribution in [0.15, 0.2) is 18.2 Å². The number of unbranched alkanes of at least 4 members (excludes halogenated alkanes) is 2. The van der Waals surface area contributed by atoms with E-state index in [-0.39, 0.29) is 0 Å². The van der Waals surface area contributed by atoms with E-state index in [9.17, 15) is 0 Å². The van der Waals surface area contributed by atoms with Crippen LogP contribution in [0.3, 0.4) is 0 Å². The lowest BCUT2D eigenvalue weighted by atomic mass is 10.0. The molecular weight excluding hydrogens is 212 g/mol. The van der Waals surface area contributed by atoms with E-state index >= 15 is 0 Å². The Hall–Kier alpha value is -1.18. The number of para-hydroxylation sites is 1. The van der Waals surface area contributed by atoms with Gasteiger partial charge in [0.1, 0.15) is 0 Å². The molecule has 1 aliphatic rings. The summed E-state index contributed by atoms with van der Waals surface area (Å²) in [7, 11) is 0. The molecule has 0 saturated heterocycles. The lowest BCUT2D eigenvalue weighted by Gasteiger charge is -2.11. The molecular formula is C15H22O2. The number of benzene rings is 1. The summed E-state index contributed by atoms with van der Waals surface area (Å²) in [6.45, 7) is 5.36. The quantitative estimate of drug-likeness (QED) is 0.484. The fourth-order valence-electron chi connectivity index (χ4n) is 2.04. The molecule has 0 radical (unpaired) electrons. The maximum absolute atomic E-state index is 5.74. The van der Waals surface area contributed by atoms with E-state index < -0.39 is 0 Å². The summed E-state index contributed by atoms with van der Waals surface area (Å²) >= 11 is 0. The van der Waals surface area contributed by atoms with Crippen LogP contribution >= 0.6 is 0 Å². The first-order valence-corrected chi connectivity index (χ1v) is 6.75. The third kappa shape index (κ3) is 3.65. The first-order valence-electron chi connectivity index (χ1n) is 6.75. The third-order valence-electron chi connectivity index (χ3n) is 3.28. The predicted molar refractivity (Wildman–Crippen MR) is 69.9 cm³/mol. The van der Waals surface area contributed by atoms with Crippen LogP contribution in [-0.4, -0.2) is 6.61 Å². The van der Waals surface area contributed by atoms with E-state index in [2.05, 4.69) is 13.8 Å². The summed E-state index contributed by atoms with van der Waals surface area (Å²) in [6.07, 6.45) is 6.46. The average Bonchev–Trinajstić information content (AvgIpc) is 3.09. The predicted octanol–water partition coefficient (Wildman–Crippen LogP) is 4.78. The molecule has 1 heterocycles. The molecule has 0 bridgehead atoms. The van der Waals surface area contributed by atoms with Crippen molar-refractivity contribution in [1.82, 2.24) is 0 Å². The zero-order valence-electron chi connectivity index (χ0n) is 10.9. The van der Waals surface area contributed by atoms with Gasteiger partial charge in [0.25, 0.3) is 0 Å². The molecule has 1 atom stereocenters. The van der Waals surface area contributed by atoms with Crippen LogP contribution in [0.4, 0.5) is 0 Å². The zero-order valence-corrected chi connectivity index (χ0v) is 10.9. The maximum atomic E-state index is 5.74. The minimum atomic E-state index is 0.759. The zero-order chi connectivity index (χ0) is 12.1. The lowest BCUT2D eigenvalue weighted by molar-refractivity contribution is 0.275. The highest BCUT2D eigenvalue weighted by Gasteiger charge is 2.24. The second kappa shape index (κ2) is 5.95. The van der Waals surface area contributed by atoms with Gasteiger partial charge in [-0.1, -0.05) is 45.6 Å². The lowest BCUT2D eigenvalue weighted by Crippen LogP contribution is -2.04. The summed E-state index contributed by atoms with van der Waals surface area (Å²) in [5.41, 5.74) is 0. The van der Waals surface area contributed by atoms with Gasteiger partial charge in [-0.15, -0.1) is 0 Å². The Morgan fingerprint density at radius 1 is 1.24 bits per heavy atom. The topological polar surface area (TPSA) is 21.8 Å². The molecule has 0 N–H and O–H groups in total. The minimum absolute atomic E-state index is 0.759. The standard InChI is InChI=1S/C15H22O2/c1-3-4-5-7-12(2)10-11-16-13-8-6-9-14-15(13)17-14/h6,8-9,12H,3-5,7,10-11H2,1-2H3. The third-order valence-corrected chi connectivity index (χ3v) is 3.28. The van der Waals surface area contributed by atoms with Crippen LogP contribution in [0.25, 0.3) is 0 Å². The van der Waals surface area contributed by atoms with Crippen LogP contribution in [-0.2, 0) is 0 Å². The molecule has 0 spiro atoms. The molecule has 0 fully saturated rings. The first-order chi connectivity index (χ1) is 8.31. The molecule has 2 heteroatoms.